The Balaban J connectivity index is 1.72. The molecule has 0 atom stereocenters. The maximum absolute atomic E-state index is 4.01. The second-order valence-electron chi connectivity index (χ2n) is 4.23. The van der Waals surface area contributed by atoms with Gasteiger partial charge in [-0.25, -0.2) is 0 Å². The number of benzene rings is 1. The van der Waals surface area contributed by atoms with Crippen molar-refractivity contribution < 1.29 is 0 Å². The molecule has 0 aliphatic rings. The van der Waals surface area contributed by atoms with Gasteiger partial charge in [0.1, 0.15) is 0 Å². The van der Waals surface area contributed by atoms with Crippen LogP contribution in [0.5, 0.6) is 0 Å². The van der Waals surface area contributed by atoms with Crippen LogP contribution in [0.2, 0.25) is 0 Å². The molecule has 0 amide bonds. The van der Waals surface area contributed by atoms with Gasteiger partial charge >= 0.3 is 0 Å². The first-order valence-corrected chi connectivity index (χ1v) is 6.25. The highest BCUT2D eigenvalue weighted by Crippen LogP contribution is 2.08. The van der Waals surface area contributed by atoms with Gasteiger partial charge in [0.2, 0.25) is 0 Å². The Kier molecular flexibility index (Phi) is 4.73. The van der Waals surface area contributed by atoms with Gasteiger partial charge in [-0.05, 0) is 48.4 Å². The standard InChI is InChI=1S/C15H19N3/c1-16-15-4-2-14(3-5-15)12-18-11-8-13-6-9-17-10-7-13/h2-7,9-10,16,18H,8,11-12H2,1H3. The normalized spacial score (nSPS) is 10.3. The molecule has 0 saturated heterocycles. The number of anilines is 1. The van der Waals surface area contributed by atoms with E-state index in [-0.39, 0.29) is 0 Å². The van der Waals surface area contributed by atoms with E-state index in [0.717, 1.165) is 25.2 Å². The molecule has 94 valence electrons. The third kappa shape index (κ3) is 3.86. The molecule has 0 unspecified atom stereocenters. The fraction of sp³-hybridized carbons (Fsp3) is 0.267. The van der Waals surface area contributed by atoms with E-state index in [9.17, 15) is 0 Å². The summed E-state index contributed by atoms with van der Waals surface area (Å²) in [5, 5.41) is 6.56. The number of pyridine rings is 1. The SMILES string of the molecule is CNc1ccc(CNCCc2ccncc2)cc1. The molecule has 0 aliphatic heterocycles. The molecule has 0 aliphatic carbocycles. The molecule has 1 heterocycles. The molecule has 3 heteroatoms. The Labute approximate surface area is 108 Å². The summed E-state index contributed by atoms with van der Waals surface area (Å²) in [6.45, 7) is 1.90. The first-order chi connectivity index (χ1) is 8.88. The predicted octanol–water partition coefficient (Wildman–Crippen LogP) is 2.46. The van der Waals surface area contributed by atoms with E-state index in [1.165, 1.54) is 11.1 Å². The summed E-state index contributed by atoms with van der Waals surface area (Å²) in [7, 11) is 1.93. The van der Waals surface area contributed by atoms with Gasteiger partial charge in [-0.3, -0.25) is 4.98 Å². The number of aromatic nitrogens is 1. The van der Waals surface area contributed by atoms with Gasteiger partial charge < -0.3 is 10.6 Å². The van der Waals surface area contributed by atoms with Gasteiger partial charge in [0.05, 0.1) is 0 Å². The van der Waals surface area contributed by atoms with Crippen LogP contribution >= 0.6 is 0 Å². The zero-order chi connectivity index (χ0) is 12.6. The second kappa shape index (κ2) is 6.77. The van der Waals surface area contributed by atoms with Gasteiger partial charge in [0.15, 0.2) is 0 Å². The molecule has 1 aromatic carbocycles. The van der Waals surface area contributed by atoms with Crippen LogP contribution in [0.3, 0.4) is 0 Å². The second-order valence-corrected chi connectivity index (χ2v) is 4.23. The molecule has 0 fully saturated rings. The predicted molar refractivity (Wildman–Crippen MR) is 75.6 cm³/mol. The van der Waals surface area contributed by atoms with Crippen LogP contribution in [0, 0.1) is 0 Å². The maximum Gasteiger partial charge on any atom is 0.0337 e. The molecule has 0 radical (unpaired) electrons. The summed E-state index contributed by atoms with van der Waals surface area (Å²) in [4.78, 5) is 4.01. The first kappa shape index (κ1) is 12.6. The van der Waals surface area contributed by atoms with Crippen LogP contribution in [0.15, 0.2) is 48.8 Å². The van der Waals surface area contributed by atoms with Crippen molar-refractivity contribution in [2.24, 2.45) is 0 Å². The molecule has 2 aromatic rings. The molecule has 2 N–H and O–H groups in total. The van der Waals surface area contributed by atoms with Crippen LogP contribution in [-0.2, 0) is 13.0 Å². The van der Waals surface area contributed by atoms with E-state index in [1.54, 1.807) is 0 Å². The molecule has 2 rings (SSSR count). The van der Waals surface area contributed by atoms with E-state index in [1.807, 2.05) is 19.4 Å². The largest absolute Gasteiger partial charge is 0.388 e. The minimum absolute atomic E-state index is 0.912. The van der Waals surface area contributed by atoms with Gasteiger partial charge in [-0.1, -0.05) is 12.1 Å². The van der Waals surface area contributed by atoms with E-state index < -0.39 is 0 Å². The van der Waals surface area contributed by atoms with E-state index in [2.05, 4.69) is 52.0 Å². The van der Waals surface area contributed by atoms with Crippen molar-refractivity contribution in [3.8, 4) is 0 Å². The van der Waals surface area contributed by atoms with Crippen molar-refractivity contribution in [1.29, 1.82) is 0 Å². The fourth-order valence-electron chi connectivity index (χ4n) is 1.80. The van der Waals surface area contributed by atoms with Crippen LogP contribution in [-0.4, -0.2) is 18.6 Å². The van der Waals surface area contributed by atoms with E-state index in [0.29, 0.717) is 0 Å². The summed E-state index contributed by atoms with van der Waals surface area (Å²) in [6.07, 6.45) is 4.72. The lowest BCUT2D eigenvalue weighted by atomic mass is 10.2. The lowest BCUT2D eigenvalue weighted by Crippen LogP contribution is -2.16. The average molecular weight is 241 g/mol. The van der Waals surface area contributed by atoms with Crippen molar-refractivity contribution in [3.05, 3.63) is 59.9 Å². The first-order valence-electron chi connectivity index (χ1n) is 6.25. The minimum Gasteiger partial charge on any atom is -0.388 e. The third-order valence-corrected chi connectivity index (χ3v) is 2.91. The Hall–Kier alpha value is -1.87. The Morgan fingerprint density at radius 3 is 2.33 bits per heavy atom. The summed E-state index contributed by atoms with van der Waals surface area (Å²) < 4.78 is 0. The summed E-state index contributed by atoms with van der Waals surface area (Å²) in [6, 6.07) is 12.6. The number of hydrogen-bond donors (Lipinski definition) is 2. The van der Waals surface area contributed by atoms with Crippen molar-refractivity contribution in [2.75, 3.05) is 18.9 Å². The van der Waals surface area contributed by atoms with E-state index >= 15 is 0 Å². The van der Waals surface area contributed by atoms with Crippen LogP contribution in [0.1, 0.15) is 11.1 Å². The van der Waals surface area contributed by atoms with E-state index in [4.69, 9.17) is 0 Å². The third-order valence-electron chi connectivity index (χ3n) is 2.91. The zero-order valence-corrected chi connectivity index (χ0v) is 10.7. The van der Waals surface area contributed by atoms with Crippen molar-refractivity contribution in [3.63, 3.8) is 0 Å². The quantitative estimate of drug-likeness (QED) is 0.763. The molecule has 18 heavy (non-hydrogen) atoms. The highest BCUT2D eigenvalue weighted by Gasteiger charge is 1.94. The van der Waals surface area contributed by atoms with Crippen LogP contribution in [0.25, 0.3) is 0 Å². The Bertz CT molecular complexity index is 451. The Morgan fingerprint density at radius 2 is 1.67 bits per heavy atom. The lowest BCUT2D eigenvalue weighted by Gasteiger charge is -2.06. The van der Waals surface area contributed by atoms with Gasteiger partial charge in [0, 0.05) is 31.7 Å². The smallest absolute Gasteiger partial charge is 0.0337 e. The average Bonchev–Trinajstić information content (AvgIpc) is 2.45. The number of nitrogens with one attached hydrogen (secondary N) is 2. The zero-order valence-electron chi connectivity index (χ0n) is 10.7. The van der Waals surface area contributed by atoms with Gasteiger partial charge in [-0.2, -0.15) is 0 Å². The topological polar surface area (TPSA) is 37.0 Å². The van der Waals surface area contributed by atoms with Gasteiger partial charge in [0.25, 0.3) is 0 Å². The molecular weight excluding hydrogens is 222 g/mol. The molecule has 0 spiro atoms. The molecule has 1 aromatic heterocycles. The summed E-state index contributed by atoms with van der Waals surface area (Å²) in [5.74, 6) is 0. The summed E-state index contributed by atoms with van der Waals surface area (Å²) in [5.41, 5.74) is 3.78. The molecular formula is C15H19N3. The molecule has 3 nitrogen and oxygen atoms in total. The fourth-order valence-corrected chi connectivity index (χ4v) is 1.80. The highest BCUT2D eigenvalue weighted by molar-refractivity contribution is 5.43. The van der Waals surface area contributed by atoms with Crippen molar-refractivity contribution in [2.45, 2.75) is 13.0 Å². The number of nitrogens with zero attached hydrogens (tertiary/aromatic N) is 1. The van der Waals surface area contributed by atoms with Crippen molar-refractivity contribution in [1.82, 2.24) is 10.3 Å². The Morgan fingerprint density at radius 1 is 0.944 bits per heavy atom. The molecule has 0 saturated carbocycles. The van der Waals surface area contributed by atoms with Crippen molar-refractivity contribution >= 4 is 5.69 Å². The number of rotatable bonds is 6. The summed E-state index contributed by atoms with van der Waals surface area (Å²) >= 11 is 0. The molecule has 0 bridgehead atoms. The van der Waals surface area contributed by atoms with Gasteiger partial charge in [-0.15, -0.1) is 0 Å². The monoisotopic (exact) mass is 241 g/mol. The number of hydrogen-bond acceptors (Lipinski definition) is 3. The minimum atomic E-state index is 0.912. The highest BCUT2D eigenvalue weighted by atomic mass is 14.8. The van der Waals surface area contributed by atoms with Crippen LogP contribution < -0.4 is 10.6 Å². The van der Waals surface area contributed by atoms with Crippen LogP contribution in [0.4, 0.5) is 5.69 Å². The lowest BCUT2D eigenvalue weighted by molar-refractivity contribution is 0.686. The maximum atomic E-state index is 4.01.